The van der Waals surface area contributed by atoms with Crippen LogP contribution in [-0.2, 0) is 22.6 Å². The van der Waals surface area contributed by atoms with Gasteiger partial charge >= 0.3 is 0 Å². The van der Waals surface area contributed by atoms with Crippen molar-refractivity contribution < 1.29 is 14.3 Å². The summed E-state index contributed by atoms with van der Waals surface area (Å²) in [5.74, 6) is 0.356. The molecule has 0 unspecified atom stereocenters. The number of nitrogens with one attached hydrogen (secondary N) is 2. The minimum absolute atomic E-state index is 0.00584. The second-order valence-corrected chi connectivity index (χ2v) is 12.9. The van der Waals surface area contributed by atoms with Gasteiger partial charge in [0, 0.05) is 46.4 Å². The molecule has 2 aliphatic heterocycles. The van der Waals surface area contributed by atoms with Crippen LogP contribution in [0.25, 0.3) is 28.2 Å². The number of ether oxygens (including phenoxy) is 1. The van der Waals surface area contributed by atoms with Crippen LogP contribution in [-0.4, -0.2) is 56.8 Å². The molecule has 4 aromatic rings. The Hall–Kier alpha value is -4.17. The van der Waals surface area contributed by atoms with Gasteiger partial charge in [0.2, 0.25) is 0 Å². The van der Waals surface area contributed by atoms with Crippen molar-refractivity contribution in [1.82, 2.24) is 25.0 Å². The maximum atomic E-state index is 14.2. The molecular weight excluding hydrogens is 550 g/mol. The molecule has 0 spiro atoms. The molecule has 4 heterocycles. The van der Waals surface area contributed by atoms with E-state index in [9.17, 15) is 9.59 Å². The van der Waals surface area contributed by atoms with E-state index in [1.54, 1.807) is 0 Å². The zero-order valence-electron chi connectivity index (χ0n) is 25.9. The summed E-state index contributed by atoms with van der Waals surface area (Å²) in [6, 6.07) is 16.5. The number of H-pyrrole nitrogens is 1. The van der Waals surface area contributed by atoms with Crippen LogP contribution in [0.5, 0.6) is 0 Å². The molecule has 1 aliphatic carbocycles. The molecule has 7 rings (SSSR count). The summed E-state index contributed by atoms with van der Waals surface area (Å²) in [6.07, 6.45) is 8.11. The van der Waals surface area contributed by atoms with Crippen LogP contribution >= 0.6 is 0 Å². The Morgan fingerprint density at radius 1 is 1.02 bits per heavy atom. The second kappa shape index (κ2) is 11.7. The Kier molecular flexibility index (Phi) is 7.62. The molecule has 2 aromatic carbocycles. The zero-order chi connectivity index (χ0) is 30.4. The number of aromatic nitrogens is 3. The van der Waals surface area contributed by atoms with E-state index in [0.29, 0.717) is 37.7 Å². The quantitative estimate of drug-likeness (QED) is 0.283. The molecule has 44 heavy (non-hydrogen) atoms. The third-order valence-electron chi connectivity index (χ3n) is 9.42. The Bertz CT molecular complexity index is 1750. The van der Waals surface area contributed by atoms with Crippen LogP contribution in [0.4, 0.5) is 0 Å². The predicted molar refractivity (Wildman–Crippen MR) is 172 cm³/mol. The molecule has 3 aliphatic rings. The largest absolute Gasteiger partial charge is 0.372 e. The van der Waals surface area contributed by atoms with Gasteiger partial charge in [-0.25, -0.2) is 0 Å². The molecule has 0 radical (unpaired) electrons. The zero-order valence-corrected chi connectivity index (χ0v) is 25.9. The highest BCUT2D eigenvalue weighted by atomic mass is 16.5. The number of aromatic amines is 1. The number of hydrogen-bond acceptors (Lipinski definition) is 4. The number of benzene rings is 2. The lowest BCUT2D eigenvalue weighted by Gasteiger charge is -2.35. The van der Waals surface area contributed by atoms with E-state index in [1.807, 2.05) is 43.9 Å². The van der Waals surface area contributed by atoms with E-state index in [0.717, 1.165) is 46.4 Å². The van der Waals surface area contributed by atoms with Crippen LogP contribution < -0.4 is 5.32 Å². The molecular formula is C36H41N5O3. The average Bonchev–Trinajstić information content (AvgIpc) is 3.53. The summed E-state index contributed by atoms with van der Waals surface area (Å²) in [7, 11) is 0. The van der Waals surface area contributed by atoms with Gasteiger partial charge < -0.3 is 19.5 Å². The Labute approximate surface area is 258 Å². The molecule has 0 bridgehead atoms. The first-order valence-electron chi connectivity index (χ1n) is 16.1. The molecule has 8 nitrogen and oxygen atoms in total. The van der Waals surface area contributed by atoms with Crippen molar-refractivity contribution in [2.75, 3.05) is 13.1 Å². The maximum Gasteiger partial charge on any atom is 0.251 e. The Morgan fingerprint density at radius 2 is 1.80 bits per heavy atom. The monoisotopic (exact) mass is 591 g/mol. The second-order valence-electron chi connectivity index (χ2n) is 12.9. The van der Waals surface area contributed by atoms with Gasteiger partial charge in [0.05, 0.1) is 36.7 Å². The third kappa shape index (κ3) is 5.36. The fourth-order valence-corrected chi connectivity index (χ4v) is 7.53. The van der Waals surface area contributed by atoms with Crippen LogP contribution in [0.3, 0.4) is 0 Å². The van der Waals surface area contributed by atoms with Crippen LogP contribution in [0.2, 0.25) is 0 Å². The maximum absolute atomic E-state index is 14.2. The van der Waals surface area contributed by atoms with Gasteiger partial charge in [-0.3, -0.25) is 14.7 Å². The minimum Gasteiger partial charge on any atom is -0.372 e. The normalized spacial score (nSPS) is 20.5. The van der Waals surface area contributed by atoms with Gasteiger partial charge in [-0.15, -0.1) is 0 Å². The third-order valence-corrected chi connectivity index (χ3v) is 9.42. The number of carbonyl (C=O) groups excluding carboxylic acids is 2. The van der Waals surface area contributed by atoms with E-state index in [4.69, 9.17) is 4.74 Å². The molecule has 2 amide bonds. The number of hydrogen-bond donors (Lipinski definition) is 2. The molecule has 228 valence electrons. The number of fused-ring (bicyclic) bond motifs is 5. The van der Waals surface area contributed by atoms with Crippen molar-refractivity contribution in [2.45, 2.75) is 84.1 Å². The van der Waals surface area contributed by atoms with Crippen LogP contribution in [0.1, 0.15) is 84.7 Å². The average molecular weight is 592 g/mol. The van der Waals surface area contributed by atoms with Gasteiger partial charge in [-0.1, -0.05) is 49.6 Å². The molecule has 1 saturated heterocycles. The highest BCUT2D eigenvalue weighted by Crippen LogP contribution is 2.46. The van der Waals surface area contributed by atoms with Gasteiger partial charge in [0.1, 0.15) is 0 Å². The van der Waals surface area contributed by atoms with Gasteiger partial charge in [-0.05, 0) is 74.9 Å². The summed E-state index contributed by atoms with van der Waals surface area (Å²) in [6.45, 7) is 7.96. The van der Waals surface area contributed by atoms with Gasteiger partial charge in [0.25, 0.3) is 11.8 Å². The topological polar surface area (TPSA) is 92.2 Å². The predicted octanol–water partition coefficient (Wildman–Crippen LogP) is 6.35. The Balaban J connectivity index is 1.34. The number of nitrogens with zero attached hydrogens (tertiary/aromatic N) is 3. The van der Waals surface area contributed by atoms with Crippen LogP contribution in [0, 0.1) is 6.92 Å². The molecule has 2 fully saturated rings. The lowest BCUT2D eigenvalue weighted by atomic mass is 9.81. The number of aryl methyl sites for hydroxylation is 1. The van der Waals surface area contributed by atoms with Crippen molar-refractivity contribution in [2.24, 2.45) is 0 Å². The minimum atomic E-state index is -0.139. The highest BCUT2D eigenvalue weighted by Gasteiger charge is 2.33. The molecule has 2 atom stereocenters. The number of amides is 2. The van der Waals surface area contributed by atoms with E-state index >= 15 is 0 Å². The SMILES string of the molecule is Cc1cc(CNC(=O)c2ccc3c(C4CCCCC4)c4n(c3c2)CC(C(=O)N2C[C@@H](C)O[C@@H](C)C2)=Cc2ccccc2-4)n[nH]1. The summed E-state index contributed by atoms with van der Waals surface area (Å²) in [4.78, 5) is 29.5. The fraction of sp³-hybridized carbons (Fsp3) is 0.417. The van der Waals surface area contributed by atoms with Crippen molar-refractivity contribution in [3.63, 3.8) is 0 Å². The molecule has 2 N–H and O–H groups in total. The first-order chi connectivity index (χ1) is 21.4. The van der Waals surface area contributed by atoms with Crippen LogP contribution in [0.15, 0.2) is 54.1 Å². The smallest absolute Gasteiger partial charge is 0.251 e. The first kappa shape index (κ1) is 28.6. The van der Waals surface area contributed by atoms with Crippen molar-refractivity contribution in [3.05, 3.63) is 82.2 Å². The number of rotatable bonds is 5. The molecule has 8 heteroatoms. The number of carbonyl (C=O) groups is 2. The van der Waals surface area contributed by atoms with E-state index in [2.05, 4.69) is 56.5 Å². The molecule has 2 aromatic heterocycles. The van der Waals surface area contributed by atoms with Gasteiger partial charge in [-0.2, -0.15) is 5.10 Å². The fourth-order valence-electron chi connectivity index (χ4n) is 7.53. The highest BCUT2D eigenvalue weighted by molar-refractivity contribution is 6.04. The lowest BCUT2D eigenvalue weighted by Crippen LogP contribution is -2.48. The van der Waals surface area contributed by atoms with Gasteiger partial charge in [0.15, 0.2) is 0 Å². The van der Waals surface area contributed by atoms with Crippen molar-refractivity contribution in [1.29, 1.82) is 0 Å². The summed E-state index contributed by atoms with van der Waals surface area (Å²) < 4.78 is 8.26. The summed E-state index contributed by atoms with van der Waals surface area (Å²) in [5, 5.41) is 11.4. The number of morpholine rings is 1. The van der Waals surface area contributed by atoms with E-state index in [-0.39, 0.29) is 24.0 Å². The van der Waals surface area contributed by atoms with Crippen molar-refractivity contribution in [3.8, 4) is 11.3 Å². The summed E-state index contributed by atoms with van der Waals surface area (Å²) in [5.41, 5.74) is 8.89. The first-order valence-corrected chi connectivity index (χ1v) is 16.1. The summed E-state index contributed by atoms with van der Waals surface area (Å²) >= 11 is 0. The van der Waals surface area contributed by atoms with Crippen molar-refractivity contribution >= 4 is 28.8 Å². The van der Waals surface area contributed by atoms with E-state index in [1.165, 1.54) is 35.9 Å². The lowest BCUT2D eigenvalue weighted by molar-refractivity contribution is -0.139. The van der Waals surface area contributed by atoms with E-state index < -0.39 is 0 Å². The Morgan fingerprint density at radius 3 is 2.55 bits per heavy atom. The molecule has 1 saturated carbocycles. The standard InChI is InChI=1S/C36H41N5O3/c1-22-15-29(39-38-22)18-37-35(42)27-13-14-31-32(17-27)41-21-28(36(43)40-19-23(2)44-24(3)20-40)16-26-11-7-8-12-30(26)34(41)33(31)25-9-5-4-6-10-25/h7-8,11-17,23-25H,4-6,9-10,18-21H2,1-3H3,(H,37,42)(H,38,39)/t23-,24+.